The quantitative estimate of drug-likeness (QED) is 0.274. The molecule has 0 fully saturated rings. The van der Waals surface area contributed by atoms with Gasteiger partial charge in [0, 0.05) is 11.1 Å². The van der Waals surface area contributed by atoms with Crippen molar-refractivity contribution in [3.63, 3.8) is 0 Å². The lowest BCUT2D eigenvalue weighted by molar-refractivity contribution is 0.296. The SMILES string of the molecule is N/C(=N\O)c1nonc1SCCc1cscn1. The highest BCUT2D eigenvalue weighted by Crippen LogP contribution is 2.20. The van der Waals surface area contributed by atoms with Crippen LogP contribution in [0.15, 0.2) is 25.7 Å². The highest BCUT2D eigenvalue weighted by Gasteiger charge is 2.14. The van der Waals surface area contributed by atoms with Crippen LogP contribution in [0.1, 0.15) is 11.4 Å². The van der Waals surface area contributed by atoms with Crippen LogP contribution in [-0.2, 0) is 6.42 Å². The number of amidine groups is 1. The topological polar surface area (TPSA) is 110 Å². The fourth-order valence-corrected chi connectivity index (χ4v) is 2.55. The molecule has 0 bridgehead atoms. The van der Waals surface area contributed by atoms with Crippen LogP contribution < -0.4 is 5.73 Å². The molecule has 90 valence electrons. The number of oxime groups is 1. The van der Waals surface area contributed by atoms with Crippen molar-refractivity contribution in [2.75, 3.05) is 5.75 Å². The summed E-state index contributed by atoms with van der Waals surface area (Å²) in [4.78, 5) is 4.17. The molecule has 0 aliphatic heterocycles. The molecule has 0 aromatic carbocycles. The maximum Gasteiger partial charge on any atom is 0.195 e. The minimum absolute atomic E-state index is 0.109. The fourth-order valence-electron chi connectivity index (χ4n) is 1.09. The third kappa shape index (κ3) is 2.94. The Morgan fingerprint density at radius 2 is 2.47 bits per heavy atom. The summed E-state index contributed by atoms with van der Waals surface area (Å²) in [6, 6.07) is 0. The molecule has 0 saturated heterocycles. The minimum Gasteiger partial charge on any atom is -0.409 e. The lowest BCUT2D eigenvalue weighted by atomic mass is 10.4. The molecule has 0 radical (unpaired) electrons. The van der Waals surface area contributed by atoms with Gasteiger partial charge in [0.2, 0.25) is 0 Å². The normalized spacial score (nSPS) is 11.9. The van der Waals surface area contributed by atoms with Gasteiger partial charge in [-0.1, -0.05) is 5.16 Å². The zero-order valence-electron chi connectivity index (χ0n) is 8.61. The summed E-state index contributed by atoms with van der Waals surface area (Å²) in [5.41, 5.74) is 8.50. The van der Waals surface area contributed by atoms with E-state index in [1.54, 1.807) is 16.8 Å². The standard InChI is InChI=1S/C8H9N5O2S2/c9-7(11-14)6-8(13-15-12-6)17-2-1-5-3-16-4-10-5/h3-4,14H,1-2H2,(H2,9,11). The molecular weight excluding hydrogens is 262 g/mol. The number of aryl methyl sites for hydroxylation is 1. The number of hydrogen-bond donors (Lipinski definition) is 2. The van der Waals surface area contributed by atoms with Gasteiger partial charge in [0.1, 0.15) is 0 Å². The average Bonchev–Trinajstić information content (AvgIpc) is 2.99. The number of nitrogens with two attached hydrogens (primary N) is 1. The molecule has 0 spiro atoms. The van der Waals surface area contributed by atoms with Crippen molar-refractivity contribution in [3.05, 3.63) is 22.3 Å². The second kappa shape index (κ2) is 5.64. The second-order valence-electron chi connectivity index (χ2n) is 2.98. The predicted octanol–water partition coefficient (Wildman–Crippen LogP) is 0.955. The molecule has 0 amide bonds. The Morgan fingerprint density at radius 3 is 3.18 bits per heavy atom. The van der Waals surface area contributed by atoms with E-state index in [9.17, 15) is 0 Å². The van der Waals surface area contributed by atoms with Crippen molar-refractivity contribution >= 4 is 28.9 Å². The second-order valence-corrected chi connectivity index (χ2v) is 4.78. The van der Waals surface area contributed by atoms with Crippen LogP contribution in [0.3, 0.4) is 0 Å². The Bertz CT molecular complexity index is 496. The third-order valence-electron chi connectivity index (χ3n) is 1.89. The molecule has 3 N–H and O–H groups in total. The van der Waals surface area contributed by atoms with Gasteiger partial charge in [-0.2, -0.15) is 0 Å². The van der Waals surface area contributed by atoms with Gasteiger partial charge in [-0.3, -0.25) is 0 Å². The van der Waals surface area contributed by atoms with E-state index in [1.165, 1.54) is 11.8 Å². The smallest absolute Gasteiger partial charge is 0.195 e. The minimum atomic E-state index is -0.109. The molecule has 2 aromatic heterocycles. The molecule has 0 atom stereocenters. The summed E-state index contributed by atoms with van der Waals surface area (Å²) in [6.45, 7) is 0. The molecule has 0 unspecified atom stereocenters. The molecule has 17 heavy (non-hydrogen) atoms. The average molecular weight is 271 g/mol. The van der Waals surface area contributed by atoms with Gasteiger partial charge in [-0.05, 0) is 16.7 Å². The van der Waals surface area contributed by atoms with E-state index in [1.807, 2.05) is 5.38 Å². The van der Waals surface area contributed by atoms with E-state index < -0.39 is 0 Å². The van der Waals surface area contributed by atoms with Gasteiger partial charge < -0.3 is 10.9 Å². The van der Waals surface area contributed by atoms with Crippen LogP contribution in [0, 0.1) is 0 Å². The summed E-state index contributed by atoms with van der Waals surface area (Å²) in [5.74, 6) is 0.659. The van der Waals surface area contributed by atoms with Gasteiger partial charge in [-0.25, -0.2) is 9.61 Å². The van der Waals surface area contributed by atoms with E-state index >= 15 is 0 Å². The van der Waals surface area contributed by atoms with Crippen molar-refractivity contribution in [2.45, 2.75) is 11.4 Å². The van der Waals surface area contributed by atoms with Crippen LogP contribution in [-0.4, -0.2) is 32.1 Å². The monoisotopic (exact) mass is 271 g/mol. The van der Waals surface area contributed by atoms with Crippen LogP contribution in [0.4, 0.5) is 0 Å². The predicted molar refractivity (Wildman–Crippen MR) is 63.4 cm³/mol. The maximum absolute atomic E-state index is 8.54. The summed E-state index contributed by atoms with van der Waals surface area (Å²) in [7, 11) is 0. The number of aromatic nitrogens is 3. The first-order valence-electron chi connectivity index (χ1n) is 4.61. The molecular formula is C8H9N5O2S2. The Kier molecular flexibility index (Phi) is 3.94. The fraction of sp³-hybridized carbons (Fsp3) is 0.250. The number of nitrogens with zero attached hydrogens (tertiary/aromatic N) is 4. The van der Waals surface area contributed by atoms with Gasteiger partial charge in [-0.15, -0.1) is 23.1 Å². The molecule has 0 saturated carbocycles. The van der Waals surface area contributed by atoms with E-state index in [2.05, 4.69) is 25.1 Å². The molecule has 9 heteroatoms. The maximum atomic E-state index is 8.54. The molecule has 0 aliphatic rings. The first-order valence-corrected chi connectivity index (χ1v) is 6.54. The van der Waals surface area contributed by atoms with Gasteiger partial charge in [0.25, 0.3) is 0 Å². The zero-order valence-corrected chi connectivity index (χ0v) is 10.2. The molecule has 2 rings (SSSR count). The first kappa shape index (κ1) is 11.9. The third-order valence-corrected chi connectivity index (χ3v) is 3.47. The summed E-state index contributed by atoms with van der Waals surface area (Å²) in [6.07, 6.45) is 0.816. The van der Waals surface area contributed by atoms with Crippen LogP contribution >= 0.6 is 23.1 Å². The first-order chi connectivity index (χ1) is 8.31. The lowest BCUT2D eigenvalue weighted by Gasteiger charge is -1.96. The van der Waals surface area contributed by atoms with E-state index in [0.29, 0.717) is 5.03 Å². The number of thioether (sulfide) groups is 1. The number of thiazole rings is 1. The Labute approximate surface area is 105 Å². The summed E-state index contributed by atoms with van der Waals surface area (Å²) >= 11 is 2.98. The van der Waals surface area contributed by atoms with Crippen molar-refractivity contribution in [3.8, 4) is 0 Å². The zero-order chi connectivity index (χ0) is 12.1. The van der Waals surface area contributed by atoms with Gasteiger partial charge in [0.15, 0.2) is 16.6 Å². The number of rotatable bonds is 5. The highest BCUT2D eigenvalue weighted by atomic mass is 32.2. The molecule has 2 aromatic rings. The Morgan fingerprint density at radius 1 is 1.59 bits per heavy atom. The Hall–Kier alpha value is -1.61. The van der Waals surface area contributed by atoms with Crippen LogP contribution in [0.2, 0.25) is 0 Å². The van der Waals surface area contributed by atoms with Gasteiger partial charge in [0.05, 0.1) is 11.2 Å². The lowest BCUT2D eigenvalue weighted by Crippen LogP contribution is -2.14. The van der Waals surface area contributed by atoms with Crippen molar-refractivity contribution in [1.82, 2.24) is 15.3 Å². The van der Waals surface area contributed by atoms with Crippen LogP contribution in [0.25, 0.3) is 0 Å². The molecule has 2 heterocycles. The van der Waals surface area contributed by atoms with E-state index in [-0.39, 0.29) is 11.5 Å². The summed E-state index contributed by atoms with van der Waals surface area (Å²) in [5, 5.41) is 21.2. The largest absolute Gasteiger partial charge is 0.409 e. The van der Waals surface area contributed by atoms with Crippen molar-refractivity contribution < 1.29 is 9.84 Å². The highest BCUT2D eigenvalue weighted by molar-refractivity contribution is 7.99. The van der Waals surface area contributed by atoms with E-state index in [4.69, 9.17) is 10.9 Å². The summed E-state index contributed by atoms with van der Waals surface area (Å²) < 4.78 is 4.55. The van der Waals surface area contributed by atoms with Crippen molar-refractivity contribution in [1.29, 1.82) is 0 Å². The number of hydrogen-bond acceptors (Lipinski definition) is 8. The van der Waals surface area contributed by atoms with Crippen LogP contribution in [0.5, 0.6) is 0 Å². The molecule has 0 aliphatic carbocycles. The van der Waals surface area contributed by atoms with Crippen molar-refractivity contribution in [2.24, 2.45) is 10.9 Å². The van der Waals surface area contributed by atoms with Gasteiger partial charge >= 0.3 is 0 Å². The molecule has 7 nitrogen and oxygen atoms in total. The van der Waals surface area contributed by atoms with E-state index in [0.717, 1.165) is 17.9 Å². The Balaban J connectivity index is 1.93.